The minimum Gasteiger partial charge on any atom is -0.508 e. The van der Waals surface area contributed by atoms with Crippen LogP contribution in [0.3, 0.4) is 0 Å². The zero-order valence-corrected chi connectivity index (χ0v) is 21.7. The number of phenols is 1. The van der Waals surface area contributed by atoms with E-state index in [9.17, 15) is 19.5 Å². The second-order valence-corrected chi connectivity index (χ2v) is 10.5. The van der Waals surface area contributed by atoms with Crippen molar-refractivity contribution in [2.75, 3.05) is 0 Å². The molecule has 8 heteroatoms. The molecule has 0 bridgehead atoms. The number of hydrogen-bond donors (Lipinski definition) is 3. The third-order valence-corrected chi connectivity index (χ3v) is 5.82. The molecule has 2 aromatic carbocycles. The Labute approximate surface area is 213 Å². The fourth-order valence-electron chi connectivity index (χ4n) is 3.99. The monoisotopic (exact) mass is 495 g/mol. The summed E-state index contributed by atoms with van der Waals surface area (Å²) >= 11 is 0. The quantitative estimate of drug-likeness (QED) is 0.481. The lowest BCUT2D eigenvalue weighted by Gasteiger charge is -2.35. The molecular formula is C28H37N3O5. The SMILES string of the molecule is CC(C)C(NC(=O)OC(C)(C)C)C(=O)N(C1CC1)C(C(=O)NCc1ccccc1)c1cccc(O)c1. The van der Waals surface area contributed by atoms with Crippen LogP contribution in [0.5, 0.6) is 5.75 Å². The molecule has 36 heavy (non-hydrogen) atoms. The van der Waals surface area contributed by atoms with Crippen molar-refractivity contribution >= 4 is 17.9 Å². The zero-order chi connectivity index (χ0) is 26.5. The summed E-state index contributed by atoms with van der Waals surface area (Å²) in [5, 5.41) is 15.8. The van der Waals surface area contributed by atoms with Gasteiger partial charge in [0.25, 0.3) is 0 Å². The molecule has 0 aromatic heterocycles. The first kappa shape index (κ1) is 27.0. The molecule has 0 aliphatic heterocycles. The number of carbonyl (C=O) groups excluding carboxylic acids is 3. The summed E-state index contributed by atoms with van der Waals surface area (Å²) in [6.07, 6.45) is 0.821. The van der Waals surface area contributed by atoms with Crippen LogP contribution in [0.2, 0.25) is 0 Å². The summed E-state index contributed by atoms with van der Waals surface area (Å²) in [5.74, 6) is -0.960. The van der Waals surface area contributed by atoms with Gasteiger partial charge < -0.3 is 25.4 Å². The number of nitrogens with zero attached hydrogens (tertiary/aromatic N) is 1. The van der Waals surface area contributed by atoms with Gasteiger partial charge in [0, 0.05) is 12.6 Å². The van der Waals surface area contributed by atoms with E-state index in [1.807, 2.05) is 44.2 Å². The molecule has 3 amide bonds. The first-order valence-electron chi connectivity index (χ1n) is 12.4. The van der Waals surface area contributed by atoms with Crippen LogP contribution in [-0.4, -0.2) is 45.6 Å². The average Bonchev–Trinajstić information content (AvgIpc) is 3.63. The Morgan fingerprint density at radius 1 is 1.06 bits per heavy atom. The number of carbonyl (C=O) groups is 3. The largest absolute Gasteiger partial charge is 0.508 e. The Morgan fingerprint density at radius 2 is 1.72 bits per heavy atom. The van der Waals surface area contributed by atoms with Crippen molar-refractivity contribution in [3.05, 3.63) is 65.7 Å². The van der Waals surface area contributed by atoms with E-state index in [2.05, 4.69) is 10.6 Å². The maximum atomic E-state index is 14.0. The maximum Gasteiger partial charge on any atom is 0.408 e. The maximum absolute atomic E-state index is 14.0. The number of ether oxygens (including phenoxy) is 1. The van der Waals surface area contributed by atoms with Crippen molar-refractivity contribution in [3.63, 3.8) is 0 Å². The van der Waals surface area contributed by atoms with Gasteiger partial charge in [-0.05, 0) is 62.8 Å². The van der Waals surface area contributed by atoms with Crippen LogP contribution in [0.15, 0.2) is 54.6 Å². The smallest absolute Gasteiger partial charge is 0.408 e. The van der Waals surface area contributed by atoms with Crippen molar-refractivity contribution in [2.45, 2.75) is 77.7 Å². The molecule has 0 heterocycles. The topological polar surface area (TPSA) is 108 Å². The highest BCUT2D eigenvalue weighted by molar-refractivity contribution is 5.92. The van der Waals surface area contributed by atoms with Gasteiger partial charge in [0.2, 0.25) is 11.8 Å². The highest BCUT2D eigenvalue weighted by Gasteiger charge is 2.44. The summed E-state index contributed by atoms with van der Waals surface area (Å²) in [7, 11) is 0. The van der Waals surface area contributed by atoms with Gasteiger partial charge in [-0.15, -0.1) is 0 Å². The Bertz CT molecular complexity index is 1060. The summed E-state index contributed by atoms with van der Waals surface area (Å²) in [5.41, 5.74) is 0.712. The third-order valence-electron chi connectivity index (χ3n) is 5.82. The lowest BCUT2D eigenvalue weighted by atomic mass is 9.98. The lowest BCUT2D eigenvalue weighted by molar-refractivity contribution is -0.144. The minimum atomic E-state index is -0.970. The van der Waals surface area contributed by atoms with Crippen molar-refractivity contribution < 1.29 is 24.2 Å². The van der Waals surface area contributed by atoms with Crippen molar-refractivity contribution in [1.29, 1.82) is 0 Å². The molecule has 1 fully saturated rings. The van der Waals surface area contributed by atoms with Gasteiger partial charge >= 0.3 is 6.09 Å². The Kier molecular flexibility index (Phi) is 8.61. The molecule has 8 nitrogen and oxygen atoms in total. The average molecular weight is 496 g/mol. The molecular weight excluding hydrogens is 458 g/mol. The number of amides is 3. The second kappa shape index (κ2) is 11.5. The fraction of sp³-hybridized carbons (Fsp3) is 0.464. The Balaban J connectivity index is 1.92. The summed E-state index contributed by atoms with van der Waals surface area (Å²) in [6, 6.07) is 13.9. The number of nitrogens with one attached hydrogen (secondary N) is 2. The third kappa shape index (κ3) is 7.47. The Hall–Kier alpha value is -3.55. The molecule has 0 saturated heterocycles. The van der Waals surface area contributed by atoms with Crippen molar-refractivity contribution in [1.82, 2.24) is 15.5 Å². The zero-order valence-electron chi connectivity index (χ0n) is 21.7. The fourth-order valence-corrected chi connectivity index (χ4v) is 3.99. The number of phenolic OH excluding ortho intramolecular Hbond substituents is 1. The van der Waals surface area contributed by atoms with Crippen molar-refractivity contribution in [3.8, 4) is 5.75 Å². The van der Waals surface area contributed by atoms with E-state index in [1.54, 1.807) is 37.8 Å². The van der Waals surface area contributed by atoms with Gasteiger partial charge in [0.15, 0.2) is 0 Å². The lowest BCUT2D eigenvalue weighted by Crippen LogP contribution is -2.55. The van der Waals surface area contributed by atoms with E-state index in [1.165, 1.54) is 12.1 Å². The number of rotatable bonds is 9. The predicted octanol–water partition coefficient (Wildman–Crippen LogP) is 4.29. The van der Waals surface area contributed by atoms with E-state index in [0.717, 1.165) is 18.4 Å². The van der Waals surface area contributed by atoms with Gasteiger partial charge in [-0.3, -0.25) is 9.59 Å². The van der Waals surface area contributed by atoms with E-state index >= 15 is 0 Å². The second-order valence-electron chi connectivity index (χ2n) is 10.5. The molecule has 3 N–H and O–H groups in total. The van der Waals surface area contributed by atoms with Crippen molar-refractivity contribution in [2.24, 2.45) is 5.92 Å². The number of alkyl carbamates (subject to hydrolysis) is 1. The molecule has 1 aliphatic rings. The van der Waals surface area contributed by atoms with E-state index in [4.69, 9.17) is 4.74 Å². The van der Waals surface area contributed by atoms with Crippen LogP contribution in [0, 0.1) is 5.92 Å². The number of hydrogen-bond acceptors (Lipinski definition) is 5. The minimum absolute atomic E-state index is 0.00356. The first-order chi connectivity index (χ1) is 17.0. The molecule has 1 aliphatic carbocycles. The van der Waals surface area contributed by atoms with Crippen LogP contribution in [0.1, 0.15) is 64.6 Å². The highest BCUT2D eigenvalue weighted by atomic mass is 16.6. The Morgan fingerprint density at radius 3 is 2.28 bits per heavy atom. The standard InChI is InChI=1S/C28H37N3O5/c1-18(2)23(30-27(35)36-28(3,4)5)26(34)31(21-14-15-21)24(20-12-9-13-22(32)16-20)25(33)29-17-19-10-7-6-8-11-19/h6-13,16,18,21,23-24,32H,14-15,17H2,1-5H3,(H,29,33)(H,30,35). The van der Waals surface area contributed by atoms with Gasteiger partial charge in [0.05, 0.1) is 0 Å². The molecule has 3 rings (SSSR count). The molecule has 0 radical (unpaired) electrons. The van der Waals surface area contributed by atoms with Gasteiger partial charge in [-0.2, -0.15) is 0 Å². The summed E-state index contributed by atoms with van der Waals surface area (Å²) in [4.78, 5) is 41.7. The highest BCUT2D eigenvalue weighted by Crippen LogP contribution is 2.36. The molecule has 2 atom stereocenters. The number of aromatic hydroxyl groups is 1. The normalized spacial score (nSPS) is 15.1. The predicted molar refractivity (Wildman–Crippen MR) is 137 cm³/mol. The van der Waals surface area contributed by atoms with Crippen LogP contribution in [0.25, 0.3) is 0 Å². The van der Waals surface area contributed by atoms with Crippen LogP contribution < -0.4 is 10.6 Å². The first-order valence-corrected chi connectivity index (χ1v) is 12.4. The van der Waals surface area contributed by atoms with Crippen LogP contribution in [-0.2, 0) is 20.9 Å². The number of benzene rings is 2. The summed E-state index contributed by atoms with van der Waals surface area (Å²) in [6.45, 7) is 9.23. The van der Waals surface area contributed by atoms with Crippen LogP contribution in [0.4, 0.5) is 4.79 Å². The van der Waals surface area contributed by atoms with E-state index in [-0.39, 0.29) is 29.5 Å². The van der Waals surface area contributed by atoms with E-state index < -0.39 is 23.8 Å². The molecule has 194 valence electrons. The van der Waals surface area contributed by atoms with Gasteiger partial charge in [-0.25, -0.2) is 4.79 Å². The molecule has 1 saturated carbocycles. The van der Waals surface area contributed by atoms with Gasteiger partial charge in [0.1, 0.15) is 23.4 Å². The van der Waals surface area contributed by atoms with Crippen LogP contribution >= 0.6 is 0 Å². The van der Waals surface area contributed by atoms with E-state index in [0.29, 0.717) is 12.1 Å². The molecule has 0 spiro atoms. The molecule has 2 aromatic rings. The summed E-state index contributed by atoms with van der Waals surface area (Å²) < 4.78 is 5.39. The molecule has 2 unspecified atom stereocenters. The van der Waals surface area contributed by atoms with Gasteiger partial charge in [-0.1, -0.05) is 56.3 Å².